The van der Waals surface area contributed by atoms with Gasteiger partial charge in [0, 0.05) is 49.0 Å². The number of hydrogen-bond acceptors (Lipinski definition) is 3. The molecule has 1 unspecified atom stereocenters. The summed E-state index contributed by atoms with van der Waals surface area (Å²) in [5, 5.41) is 4.22. The number of rotatable bonds is 7. The molecule has 1 saturated heterocycles. The van der Waals surface area contributed by atoms with Crippen LogP contribution in [0.4, 0.5) is 0 Å². The highest BCUT2D eigenvalue weighted by Crippen LogP contribution is 2.27. The second-order valence-corrected chi connectivity index (χ2v) is 9.75. The van der Waals surface area contributed by atoms with Gasteiger partial charge < -0.3 is 20.1 Å². The van der Waals surface area contributed by atoms with Crippen molar-refractivity contribution in [3.63, 3.8) is 0 Å². The number of piperidine rings is 1. The largest absolute Gasteiger partial charge is 0.355 e. The molecule has 32 heavy (non-hydrogen) atoms. The van der Waals surface area contributed by atoms with Gasteiger partial charge in [-0.2, -0.15) is 0 Å². The van der Waals surface area contributed by atoms with E-state index in [2.05, 4.69) is 22.2 Å². The second-order valence-electron chi connectivity index (χ2n) is 9.75. The van der Waals surface area contributed by atoms with E-state index in [0.29, 0.717) is 37.3 Å². The molecule has 1 aromatic carbocycles. The number of aromatic nitrogens is 1. The minimum absolute atomic E-state index is 0.0136. The van der Waals surface area contributed by atoms with Gasteiger partial charge in [-0.25, -0.2) is 0 Å². The summed E-state index contributed by atoms with van der Waals surface area (Å²) >= 11 is 0. The summed E-state index contributed by atoms with van der Waals surface area (Å²) in [7, 11) is 2.19. The van der Waals surface area contributed by atoms with Crippen LogP contribution < -0.4 is 5.32 Å². The van der Waals surface area contributed by atoms with Gasteiger partial charge in [0.2, 0.25) is 5.91 Å². The van der Waals surface area contributed by atoms with Crippen LogP contribution in [0, 0.1) is 11.8 Å². The molecule has 0 bridgehead atoms. The maximum Gasteiger partial charge on any atom is 0.270 e. The normalized spacial score (nSPS) is 19.4. The van der Waals surface area contributed by atoms with Crippen molar-refractivity contribution >= 4 is 22.7 Å². The zero-order valence-corrected chi connectivity index (χ0v) is 19.6. The average Bonchev–Trinajstić information content (AvgIpc) is 3.28. The molecule has 174 valence electrons. The monoisotopic (exact) mass is 438 g/mol. The number of H-pyrrole nitrogens is 1. The molecule has 2 amide bonds. The van der Waals surface area contributed by atoms with Gasteiger partial charge in [-0.05, 0) is 50.8 Å². The molecular formula is C26H38N4O2. The first-order chi connectivity index (χ1) is 15.5. The Bertz CT molecular complexity index is 876. The number of fused-ring (bicyclic) bond motifs is 1. The Morgan fingerprint density at radius 3 is 2.56 bits per heavy atom. The molecule has 4 rings (SSSR count). The van der Waals surface area contributed by atoms with Crippen molar-refractivity contribution in [3.05, 3.63) is 36.0 Å². The third kappa shape index (κ3) is 5.34. The highest BCUT2D eigenvalue weighted by Gasteiger charge is 2.30. The third-order valence-electron chi connectivity index (χ3n) is 7.67. The Labute approximate surface area is 191 Å². The van der Waals surface area contributed by atoms with Gasteiger partial charge in [0.1, 0.15) is 5.69 Å². The van der Waals surface area contributed by atoms with Crippen LogP contribution in [0.25, 0.3) is 10.9 Å². The first-order valence-corrected chi connectivity index (χ1v) is 12.4. The Hall–Kier alpha value is -2.34. The van der Waals surface area contributed by atoms with Crippen molar-refractivity contribution < 1.29 is 9.59 Å². The topological polar surface area (TPSA) is 68.4 Å². The Morgan fingerprint density at radius 2 is 1.84 bits per heavy atom. The summed E-state index contributed by atoms with van der Waals surface area (Å²) < 4.78 is 0. The van der Waals surface area contributed by atoms with E-state index in [9.17, 15) is 9.59 Å². The lowest BCUT2D eigenvalue weighted by atomic mass is 9.84. The van der Waals surface area contributed by atoms with Crippen molar-refractivity contribution in [1.29, 1.82) is 0 Å². The van der Waals surface area contributed by atoms with E-state index < -0.39 is 0 Å². The lowest BCUT2D eigenvalue weighted by molar-refractivity contribution is -0.126. The lowest BCUT2D eigenvalue weighted by Crippen LogP contribution is -2.44. The highest BCUT2D eigenvalue weighted by molar-refractivity contribution is 5.98. The maximum atomic E-state index is 12.9. The first-order valence-electron chi connectivity index (χ1n) is 12.4. The van der Waals surface area contributed by atoms with Crippen molar-refractivity contribution in [2.75, 3.05) is 33.2 Å². The quantitative estimate of drug-likeness (QED) is 0.686. The van der Waals surface area contributed by atoms with Gasteiger partial charge in [0.25, 0.3) is 5.91 Å². The number of carbonyl (C=O) groups excluding carboxylic acids is 2. The van der Waals surface area contributed by atoms with Gasteiger partial charge in [0.05, 0.1) is 0 Å². The Morgan fingerprint density at radius 1 is 1.12 bits per heavy atom. The van der Waals surface area contributed by atoms with Crippen LogP contribution in [0.2, 0.25) is 0 Å². The molecule has 6 nitrogen and oxygen atoms in total. The third-order valence-corrected chi connectivity index (χ3v) is 7.67. The molecule has 2 aliphatic rings. The molecular weight excluding hydrogens is 400 g/mol. The summed E-state index contributed by atoms with van der Waals surface area (Å²) in [5.74, 6) is 0.531. The summed E-state index contributed by atoms with van der Waals surface area (Å²) in [6.45, 7) is 5.09. The maximum absolute atomic E-state index is 12.9. The fourth-order valence-corrected chi connectivity index (χ4v) is 5.40. The van der Waals surface area contributed by atoms with Crippen molar-refractivity contribution in [3.8, 4) is 0 Å². The molecule has 2 fully saturated rings. The zero-order chi connectivity index (χ0) is 22.5. The average molecular weight is 439 g/mol. The van der Waals surface area contributed by atoms with E-state index in [0.717, 1.165) is 30.3 Å². The summed E-state index contributed by atoms with van der Waals surface area (Å²) in [6, 6.07) is 10.6. The van der Waals surface area contributed by atoms with E-state index in [1.807, 2.05) is 42.2 Å². The van der Waals surface area contributed by atoms with Crippen molar-refractivity contribution in [2.45, 2.75) is 57.9 Å². The van der Waals surface area contributed by atoms with E-state index in [1.165, 1.54) is 32.1 Å². The SMILES string of the molecule is CC(C(=O)NCCN(C)C1CCCCC1)C1CCN(C(=O)c2cc3ccccc3[nH]2)CC1. The summed E-state index contributed by atoms with van der Waals surface area (Å²) in [6.07, 6.45) is 8.36. The Balaban J connectivity index is 1.20. The predicted molar refractivity (Wildman–Crippen MR) is 129 cm³/mol. The highest BCUT2D eigenvalue weighted by atomic mass is 16.2. The molecule has 1 aliphatic heterocycles. The van der Waals surface area contributed by atoms with E-state index in [-0.39, 0.29) is 17.7 Å². The van der Waals surface area contributed by atoms with E-state index in [4.69, 9.17) is 0 Å². The fraction of sp³-hybridized carbons (Fsp3) is 0.615. The number of nitrogens with zero attached hydrogens (tertiary/aromatic N) is 2. The number of hydrogen-bond donors (Lipinski definition) is 2. The molecule has 0 radical (unpaired) electrons. The molecule has 2 heterocycles. The molecule has 1 saturated carbocycles. The number of carbonyl (C=O) groups is 2. The van der Waals surface area contributed by atoms with Crippen LogP contribution >= 0.6 is 0 Å². The zero-order valence-electron chi connectivity index (χ0n) is 19.6. The van der Waals surface area contributed by atoms with Gasteiger partial charge in [-0.15, -0.1) is 0 Å². The molecule has 0 spiro atoms. The minimum atomic E-state index is -0.0136. The Kier molecular flexibility index (Phi) is 7.51. The van der Waals surface area contributed by atoms with Gasteiger partial charge in [-0.3, -0.25) is 9.59 Å². The number of nitrogens with one attached hydrogen (secondary N) is 2. The molecule has 6 heteroatoms. The molecule has 2 aromatic rings. The predicted octanol–water partition coefficient (Wildman–Crippen LogP) is 4.04. The standard InChI is InChI=1S/C26H38N4O2/c1-19(25(31)27-14-17-29(2)22-9-4-3-5-10-22)20-12-15-30(16-13-20)26(32)24-18-21-8-6-7-11-23(21)28-24/h6-8,11,18-20,22,28H,3-5,9-10,12-17H2,1-2H3,(H,27,31). The van der Waals surface area contributed by atoms with Crippen LogP contribution in [0.15, 0.2) is 30.3 Å². The number of likely N-dealkylation sites (tertiary alicyclic amines) is 1. The van der Waals surface area contributed by atoms with Crippen LogP contribution in [-0.2, 0) is 4.79 Å². The number of likely N-dealkylation sites (N-methyl/N-ethyl adjacent to an activating group) is 1. The van der Waals surface area contributed by atoms with E-state index in [1.54, 1.807) is 0 Å². The van der Waals surface area contributed by atoms with Crippen molar-refractivity contribution in [2.24, 2.45) is 11.8 Å². The lowest BCUT2D eigenvalue weighted by Gasteiger charge is -2.34. The number of aromatic amines is 1. The second kappa shape index (κ2) is 10.5. The molecule has 1 aliphatic carbocycles. The summed E-state index contributed by atoms with van der Waals surface area (Å²) in [4.78, 5) is 33.2. The first kappa shape index (κ1) is 22.8. The molecule has 1 aromatic heterocycles. The number of amides is 2. The summed E-state index contributed by atoms with van der Waals surface area (Å²) in [5.41, 5.74) is 1.64. The van der Waals surface area contributed by atoms with Gasteiger partial charge in [-0.1, -0.05) is 44.4 Å². The van der Waals surface area contributed by atoms with Crippen LogP contribution in [-0.4, -0.2) is 65.9 Å². The van der Waals surface area contributed by atoms with Gasteiger partial charge in [0.15, 0.2) is 0 Å². The van der Waals surface area contributed by atoms with Gasteiger partial charge >= 0.3 is 0 Å². The van der Waals surface area contributed by atoms with Crippen LogP contribution in [0.5, 0.6) is 0 Å². The minimum Gasteiger partial charge on any atom is -0.355 e. The molecule has 2 N–H and O–H groups in total. The smallest absolute Gasteiger partial charge is 0.270 e. The molecule has 1 atom stereocenters. The van der Waals surface area contributed by atoms with Crippen molar-refractivity contribution in [1.82, 2.24) is 20.1 Å². The number of benzene rings is 1. The fourth-order valence-electron chi connectivity index (χ4n) is 5.40. The van der Waals surface area contributed by atoms with Crippen LogP contribution in [0.1, 0.15) is 62.4 Å². The van der Waals surface area contributed by atoms with E-state index >= 15 is 0 Å². The number of para-hydroxylation sites is 1. The van der Waals surface area contributed by atoms with Crippen LogP contribution in [0.3, 0.4) is 0 Å².